The molecule has 6 nitrogen and oxygen atoms in total. The quantitative estimate of drug-likeness (QED) is 0.863. The molecule has 0 fully saturated rings. The van der Waals surface area contributed by atoms with E-state index in [1.54, 1.807) is 12.1 Å². The van der Waals surface area contributed by atoms with Crippen LogP contribution in [-0.4, -0.2) is 29.7 Å². The fraction of sp³-hybridized carbons (Fsp3) is 0.273. The van der Waals surface area contributed by atoms with Crippen molar-refractivity contribution in [1.82, 2.24) is 0 Å². The Labute approximate surface area is 106 Å². The van der Waals surface area contributed by atoms with Gasteiger partial charge in [-0.1, -0.05) is 0 Å². The van der Waals surface area contributed by atoms with Crippen molar-refractivity contribution < 1.29 is 22.6 Å². The van der Waals surface area contributed by atoms with Gasteiger partial charge in [-0.25, -0.2) is 13.6 Å². The Morgan fingerprint density at radius 1 is 1.06 bits per heavy atom. The molecule has 0 aliphatic carbocycles. The molecular formula is C11H15NO5S. The number of hydrogen-bond acceptors (Lipinski definition) is 5. The number of rotatable bonds is 5. The maximum absolute atomic E-state index is 10.8. The van der Waals surface area contributed by atoms with Gasteiger partial charge < -0.3 is 14.2 Å². The van der Waals surface area contributed by atoms with E-state index in [1.165, 1.54) is 27.4 Å². The number of benzene rings is 1. The Bertz CT molecular complexity index is 526. The lowest BCUT2D eigenvalue weighted by Gasteiger charge is -2.12. The highest BCUT2D eigenvalue weighted by Crippen LogP contribution is 2.38. The standard InChI is InChI=1S/C11H15NO5S/c1-15-9-6-8(4-5-18(12,13)14)7-10(16-2)11(9)17-3/h4-7H,1-3H3,(H2,12,13,14). The monoisotopic (exact) mass is 273 g/mol. The minimum Gasteiger partial charge on any atom is -0.493 e. The first-order valence-electron chi connectivity index (χ1n) is 4.92. The number of nitrogens with two attached hydrogens (primary N) is 1. The van der Waals surface area contributed by atoms with Gasteiger partial charge in [-0.15, -0.1) is 0 Å². The second-order valence-corrected chi connectivity index (χ2v) is 4.80. The van der Waals surface area contributed by atoms with Crippen molar-refractivity contribution in [3.63, 3.8) is 0 Å². The van der Waals surface area contributed by atoms with Crippen LogP contribution in [0.25, 0.3) is 6.08 Å². The number of ether oxygens (including phenoxy) is 3. The molecule has 0 aliphatic rings. The Morgan fingerprint density at radius 2 is 1.56 bits per heavy atom. The summed E-state index contributed by atoms with van der Waals surface area (Å²) >= 11 is 0. The topological polar surface area (TPSA) is 87.9 Å². The van der Waals surface area contributed by atoms with E-state index in [0.29, 0.717) is 22.8 Å². The van der Waals surface area contributed by atoms with Gasteiger partial charge in [-0.05, 0) is 23.8 Å². The second-order valence-electron chi connectivity index (χ2n) is 3.35. The molecule has 2 N–H and O–H groups in total. The van der Waals surface area contributed by atoms with Crippen LogP contribution >= 0.6 is 0 Å². The minimum absolute atomic E-state index is 0.436. The molecule has 0 aromatic heterocycles. The second kappa shape index (κ2) is 5.74. The fourth-order valence-electron chi connectivity index (χ4n) is 1.37. The zero-order valence-corrected chi connectivity index (χ0v) is 11.2. The Kier molecular flexibility index (Phi) is 4.57. The first kappa shape index (κ1) is 14.3. The summed E-state index contributed by atoms with van der Waals surface area (Å²) in [5.41, 5.74) is 0.568. The lowest BCUT2D eigenvalue weighted by atomic mass is 10.2. The van der Waals surface area contributed by atoms with Crippen molar-refractivity contribution in [2.45, 2.75) is 0 Å². The van der Waals surface area contributed by atoms with Crippen LogP contribution in [0.3, 0.4) is 0 Å². The average Bonchev–Trinajstić information content (AvgIpc) is 2.33. The van der Waals surface area contributed by atoms with E-state index in [2.05, 4.69) is 0 Å². The summed E-state index contributed by atoms with van der Waals surface area (Å²) < 4.78 is 37.1. The molecule has 0 heterocycles. The van der Waals surface area contributed by atoms with Crippen LogP contribution in [0.2, 0.25) is 0 Å². The van der Waals surface area contributed by atoms with Gasteiger partial charge >= 0.3 is 0 Å². The maximum Gasteiger partial charge on any atom is 0.231 e. The summed E-state index contributed by atoms with van der Waals surface area (Å²) in [6, 6.07) is 3.23. The smallest absolute Gasteiger partial charge is 0.231 e. The molecule has 0 amide bonds. The first-order chi connectivity index (χ1) is 8.41. The van der Waals surface area contributed by atoms with Crippen LogP contribution in [0.15, 0.2) is 17.5 Å². The third-order valence-electron chi connectivity index (χ3n) is 2.14. The van der Waals surface area contributed by atoms with Crippen molar-refractivity contribution >= 4 is 16.1 Å². The summed E-state index contributed by atoms with van der Waals surface area (Å²) in [7, 11) is 0.769. The molecule has 0 atom stereocenters. The average molecular weight is 273 g/mol. The molecule has 0 saturated heterocycles. The van der Waals surface area contributed by atoms with Crippen LogP contribution in [-0.2, 0) is 10.0 Å². The molecule has 0 aliphatic heterocycles. The summed E-state index contributed by atoms with van der Waals surface area (Å²) in [6.07, 6.45) is 1.35. The first-order valence-corrected chi connectivity index (χ1v) is 6.53. The Balaban J connectivity index is 3.28. The SMILES string of the molecule is COc1cc(C=CS(N)(=O)=O)cc(OC)c1OC. The van der Waals surface area contributed by atoms with Gasteiger partial charge in [0.2, 0.25) is 15.8 Å². The van der Waals surface area contributed by atoms with E-state index in [4.69, 9.17) is 19.3 Å². The number of primary sulfonamides is 1. The molecule has 1 aromatic rings. The molecule has 1 rings (SSSR count). The zero-order chi connectivity index (χ0) is 13.8. The van der Waals surface area contributed by atoms with Crippen molar-refractivity contribution in [1.29, 1.82) is 0 Å². The number of sulfonamides is 1. The highest BCUT2D eigenvalue weighted by atomic mass is 32.2. The zero-order valence-electron chi connectivity index (χ0n) is 10.3. The van der Waals surface area contributed by atoms with Crippen LogP contribution in [0.1, 0.15) is 5.56 Å². The molecule has 0 spiro atoms. The van der Waals surface area contributed by atoms with Gasteiger partial charge in [0, 0.05) is 5.41 Å². The van der Waals surface area contributed by atoms with E-state index in [-0.39, 0.29) is 0 Å². The lowest BCUT2D eigenvalue weighted by Crippen LogP contribution is -2.06. The van der Waals surface area contributed by atoms with E-state index in [0.717, 1.165) is 5.41 Å². The molecule has 0 unspecified atom stereocenters. The molecule has 7 heteroatoms. The van der Waals surface area contributed by atoms with E-state index in [9.17, 15) is 8.42 Å². The van der Waals surface area contributed by atoms with Gasteiger partial charge in [-0.3, -0.25) is 0 Å². The van der Waals surface area contributed by atoms with E-state index in [1.807, 2.05) is 0 Å². The highest BCUT2D eigenvalue weighted by molar-refractivity contribution is 7.92. The molecular weight excluding hydrogens is 258 g/mol. The summed E-state index contributed by atoms with van der Waals surface area (Å²) in [5.74, 6) is 1.31. The number of hydrogen-bond donors (Lipinski definition) is 1. The van der Waals surface area contributed by atoms with Crippen molar-refractivity contribution in [3.05, 3.63) is 23.1 Å². The largest absolute Gasteiger partial charge is 0.493 e. The molecule has 0 bridgehead atoms. The van der Waals surface area contributed by atoms with Crippen LogP contribution in [0.4, 0.5) is 0 Å². The molecule has 18 heavy (non-hydrogen) atoms. The lowest BCUT2D eigenvalue weighted by molar-refractivity contribution is 0.324. The predicted molar refractivity (Wildman–Crippen MR) is 68.2 cm³/mol. The van der Waals surface area contributed by atoms with Crippen molar-refractivity contribution in [2.24, 2.45) is 5.14 Å². The molecule has 100 valence electrons. The fourth-order valence-corrected chi connectivity index (χ4v) is 1.72. The van der Waals surface area contributed by atoms with Gasteiger partial charge in [0.05, 0.1) is 21.3 Å². The van der Waals surface area contributed by atoms with Gasteiger partial charge in [0.15, 0.2) is 11.5 Å². The van der Waals surface area contributed by atoms with E-state index < -0.39 is 10.0 Å². The molecule has 1 aromatic carbocycles. The van der Waals surface area contributed by atoms with Crippen LogP contribution in [0.5, 0.6) is 17.2 Å². The highest BCUT2D eigenvalue weighted by Gasteiger charge is 2.12. The third-order valence-corrected chi connectivity index (χ3v) is 2.65. The van der Waals surface area contributed by atoms with Gasteiger partial charge in [0.25, 0.3) is 0 Å². The summed E-state index contributed by atoms with van der Waals surface area (Å²) in [5, 5.41) is 5.78. The van der Waals surface area contributed by atoms with Gasteiger partial charge in [0.1, 0.15) is 0 Å². The summed E-state index contributed by atoms with van der Waals surface area (Å²) in [4.78, 5) is 0. The van der Waals surface area contributed by atoms with Gasteiger partial charge in [-0.2, -0.15) is 0 Å². The number of methoxy groups -OCH3 is 3. The predicted octanol–water partition coefficient (Wildman–Crippen LogP) is 0.972. The van der Waals surface area contributed by atoms with E-state index >= 15 is 0 Å². The van der Waals surface area contributed by atoms with Crippen LogP contribution < -0.4 is 19.3 Å². The molecule has 0 radical (unpaired) electrons. The Morgan fingerprint density at radius 3 is 1.89 bits per heavy atom. The third kappa shape index (κ3) is 3.64. The molecule has 0 saturated carbocycles. The van der Waals surface area contributed by atoms with Crippen molar-refractivity contribution in [2.75, 3.05) is 21.3 Å². The van der Waals surface area contributed by atoms with Crippen LogP contribution in [0, 0.1) is 0 Å². The van der Waals surface area contributed by atoms with Crippen molar-refractivity contribution in [3.8, 4) is 17.2 Å². The normalized spacial score (nSPS) is 11.6. The summed E-state index contributed by atoms with van der Waals surface area (Å²) in [6.45, 7) is 0. The maximum atomic E-state index is 10.8. The Hall–Kier alpha value is -1.73. The minimum atomic E-state index is -3.67.